The summed E-state index contributed by atoms with van der Waals surface area (Å²) in [5, 5.41) is 0. The maximum atomic E-state index is 12.0. The zero-order chi connectivity index (χ0) is 15.2. The molecule has 0 aliphatic carbocycles. The minimum Gasteiger partial charge on any atom is -0.469 e. The molecule has 0 saturated carbocycles. The second kappa shape index (κ2) is 6.84. The van der Waals surface area contributed by atoms with E-state index in [9.17, 15) is 4.79 Å². The Hall–Kier alpha value is -2.42. The Labute approximate surface area is 125 Å². The van der Waals surface area contributed by atoms with Gasteiger partial charge in [-0.15, -0.1) is 6.58 Å². The fourth-order valence-corrected chi connectivity index (χ4v) is 2.26. The average molecular weight is 281 g/mol. The maximum absolute atomic E-state index is 12.0. The molecular formula is C18H19NO2. The van der Waals surface area contributed by atoms with Gasteiger partial charge in [0, 0.05) is 18.0 Å². The molecule has 1 aromatic carbocycles. The summed E-state index contributed by atoms with van der Waals surface area (Å²) in [4.78, 5) is 16.3. The molecule has 21 heavy (non-hydrogen) atoms. The van der Waals surface area contributed by atoms with Crippen molar-refractivity contribution in [2.24, 2.45) is 0 Å². The highest BCUT2D eigenvalue weighted by Crippen LogP contribution is 2.27. The van der Waals surface area contributed by atoms with Gasteiger partial charge in [0.05, 0.1) is 13.0 Å². The second-order valence-electron chi connectivity index (χ2n) is 5.11. The van der Waals surface area contributed by atoms with Crippen molar-refractivity contribution in [3.8, 4) is 11.1 Å². The van der Waals surface area contributed by atoms with E-state index >= 15 is 0 Å². The highest BCUT2D eigenvalue weighted by Gasteiger charge is 2.22. The van der Waals surface area contributed by atoms with Crippen LogP contribution in [0.15, 0.2) is 60.9 Å². The molecule has 1 atom stereocenters. The number of methoxy groups -OCH3 is 1. The molecule has 1 heterocycles. The monoisotopic (exact) mass is 281 g/mol. The standard InChI is InChI=1S/C18H19NO2/c1-13(2)9-17(18(20)21-3)16-10-15(11-19-12-16)14-7-5-4-6-8-14/h4-8,10-12,17H,1,9H2,2-3H3/t17-/m1/s1. The van der Waals surface area contributed by atoms with Crippen LogP contribution in [0.2, 0.25) is 0 Å². The van der Waals surface area contributed by atoms with Crippen molar-refractivity contribution in [2.75, 3.05) is 7.11 Å². The van der Waals surface area contributed by atoms with Crippen molar-refractivity contribution < 1.29 is 9.53 Å². The molecular weight excluding hydrogens is 262 g/mol. The van der Waals surface area contributed by atoms with E-state index in [1.807, 2.05) is 43.3 Å². The van der Waals surface area contributed by atoms with Gasteiger partial charge in [-0.2, -0.15) is 0 Å². The number of carbonyl (C=O) groups excluding carboxylic acids is 1. The predicted molar refractivity (Wildman–Crippen MR) is 83.9 cm³/mol. The average Bonchev–Trinajstić information content (AvgIpc) is 2.52. The van der Waals surface area contributed by atoms with E-state index in [-0.39, 0.29) is 11.9 Å². The van der Waals surface area contributed by atoms with Crippen molar-refractivity contribution in [1.82, 2.24) is 4.98 Å². The molecule has 0 amide bonds. The van der Waals surface area contributed by atoms with E-state index in [1.54, 1.807) is 12.4 Å². The van der Waals surface area contributed by atoms with Gasteiger partial charge < -0.3 is 4.74 Å². The van der Waals surface area contributed by atoms with Crippen molar-refractivity contribution in [3.63, 3.8) is 0 Å². The molecule has 1 aromatic heterocycles. The molecule has 0 aliphatic heterocycles. The van der Waals surface area contributed by atoms with Crippen LogP contribution < -0.4 is 0 Å². The topological polar surface area (TPSA) is 39.2 Å². The van der Waals surface area contributed by atoms with Crippen LogP contribution in [0.1, 0.15) is 24.8 Å². The van der Waals surface area contributed by atoms with E-state index in [4.69, 9.17) is 4.74 Å². The van der Waals surface area contributed by atoms with Gasteiger partial charge in [-0.3, -0.25) is 9.78 Å². The molecule has 2 aromatic rings. The minimum absolute atomic E-state index is 0.259. The van der Waals surface area contributed by atoms with Crippen LogP contribution in [0.3, 0.4) is 0 Å². The third-order valence-electron chi connectivity index (χ3n) is 3.31. The SMILES string of the molecule is C=C(C)C[C@@H](C(=O)OC)c1cncc(-c2ccccc2)c1. The van der Waals surface area contributed by atoms with Gasteiger partial charge in [0.15, 0.2) is 0 Å². The van der Waals surface area contributed by atoms with E-state index in [0.29, 0.717) is 6.42 Å². The second-order valence-corrected chi connectivity index (χ2v) is 5.11. The first kappa shape index (κ1) is 15.0. The van der Waals surface area contributed by atoms with E-state index < -0.39 is 0 Å². The fraction of sp³-hybridized carbons (Fsp3) is 0.222. The zero-order valence-electron chi connectivity index (χ0n) is 12.4. The van der Waals surface area contributed by atoms with Gasteiger partial charge in [-0.25, -0.2) is 0 Å². The van der Waals surface area contributed by atoms with Crippen molar-refractivity contribution in [1.29, 1.82) is 0 Å². The van der Waals surface area contributed by atoms with Gasteiger partial charge >= 0.3 is 5.97 Å². The molecule has 108 valence electrons. The van der Waals surface area contributed by atoms with Gasteiger partial charge in [0.1, 0.15) is 0 Å². The van der Waals surface area contributed by atoms with Crippen LogP contribution in [0.5, 0.6) is 0 Å². The van der Waals surface area contributed by atoms with E-state index in [0.717, 1.165) is 22.3 Å². The summed E-state index contributed by atoms with van der Waals surface area (Å²) >= 11 is 0. The van der Waals surface area contributed by atoms with Gasteiger partial charge in [-0.1, -0.05) is 35.9 Å². The Morgan fingerprint density at radius 1 is 1.24 bits per heavy atom. The van der Waals surface area contributed by atoms with Crippen molar-refractivity contribution in [2.45, 2.75) is 19.3 Å². The van der Waals surface area contributed by atoms with E-state index in [1.165, 1.54) is 7.11 Å². The number of nitrogens with zero attached hydrogens (tertiary/aromatic N) is 1. The fourth-order valence-electron chi connectivity index (χ4n) is 2.26. The van der Waals surface area contributed by atoms with Gasteiger partial charge in [0.2, 0.25) is 0 Å². The summed E-state index contributed by atoms with van der Waals surface area (Å²) in [5.74, 6) is -0.617. The largest absolute Gasteiger partial charge is 0.469 e. The number of benzene rings is 1. The zero-order valence-corrected chi connectivity index (χ0v) is 12.4. The summed E-state index contributed by atoms with van der Waals surface area (Å²) in [6.07, 6.45) is 4.08. The first-order chi connectivity index (χ1) is 10.1. The lowest BCUT2D eigenvalue weighted by molar-refractivity contribution is -0.142. The number of rotatable bonds is 5. The molecule has 3 heteroatoms. The lowest BCUT2D eigenvalue weighted by Gasteiger charge is -2.15. The molecule has 0 aliphatic rings. The maximum Gasteiger partial charge on any atom is 0.313 e. The van der Waals surface area contributed by atoms with Crippen LogP contribution in [0, 0.1) is 0 Å². The van der Waals surface area contributed by atoms with Crippen LogP contribution in [0.25, 0.3) is 11.1 Å². The quantitative estimate of drug-likeness (QED) is 0.615. The Kier molecular flexibility index (Phi) is 4.88. The lowest BCUT2D eigenvalue weighted by atomic mass is 9.92. The molecule has 0 unspecified atom stereocenters. The number of hydrogen-bond acceptors (Lipinski definition) is 3. The molecule has 3 nitrogen and oxygen atoms in total. The number of hydrogen-bond donors (Lipinski definition) is 0. The summed E-state index contributed by atoms with van der Waals surface area (Å²) in [6.45, 7) is 5.80. The Morgan fingerprint density at radius 2 is 1.95 bits per heavy atom. The summed E-state index contributed by atoms with van der Waals surface area (Å²) in [5.41, 5.74) is 3.86. The summed E-state index contributed by atoms with van der Waals surface area (Å²) in [6, 6.07) is 12.0. The number of ether oxygens (including phenoxy) is 1. The van der Waals surface area contributed by atoms with Crippen LogP contribution in [0.4, 0.5) is 0 Å². The third kappa shape index (κ3) is 3.78. The molecule has 0 bridgehead atoms. The number of allylic oxidation sites excluding steroid dienone is 1. The lowest BCUT2D eigenvalue weighted by Crippen LogP contribution is -2.15. The van der Waals surface area contributed by atoms with Crippen molar-refractivity contribution in [3.05, 3.63) is 66.5 Å². The van der Waals surface area contributed by atoms with Gasteiger partial charge in [0.25, 0.3) is 0 Å². The summed E-state index contributed by atoms with van der Waals surface area (Å²) in [7, 11) is 1.40. The first-order valence-corrected chi connectivity index (χ1v) is 6.84. The molecule has 2 rings (SSSR count). The Bertz CT molecular complexity index is 635. The molecule has 0 spiro atoms. The number of carbonyl (C=O) groups is 1. The minimum atomic E-state index is -0.358. The van der Waals surface area contributed by atoms with Crippen LogP contribution in [-0.2, 0) is 9.53 Å². The van der Waals surface area contributed by atoms with Crippen molar-refractivity contribution >= 4 is 5.97 Å². The third-order valence-corrected chi connectivity index (χ3v) is 3.31. The number of aromatic nitrogens is 1. The summed E-state index contributed by atoms with van der Waals surface area (Å²) < 4.78 is 4.91. The first-order valence-electron chi connectivity index (χ1n) is 6.84. The Morgan fingerprint density at radius 3 is 2.57 bits per heavy atom. The highest BCUT2D eigenvalue weighted by molar-refractivity contribution is 5.79. The highest BCUT2D eigenvalue weighted by atomic mass is 16.5. The van der Waals surface area contributed by atoms with Crippen LogP contribution in [-0.4, -0.2) is 18.1 Å². The van der Waals surface area contributed by atoms with Crippen LogP contribution >= 0.6 is 0 Å². The smallest absolute Gasteiger partial charge is 0.313 e. The number of esters is 1. The molecule has 0 saturated heterocycles. The molecule has 0 fully saturated rings. The predicted octanol–water partition coefficient (Wildman–Crippen LogP) is 3.97. The molecule has 0 radical (unpaired) electrons. The van der Waals surface area contributed by atoms with Gasteiger partial charge in [-0.05, 0) is 30.5 Å². The van der Waals surface area contributed by atoms with E-state index in [2.05, 4.69) is 11.6 Å². The number of pyridine rings is 1. The molecule has 0 N–H and O–H groups in total. The Balaban J connectivity index is 2.38. The normalized spacial score (nSPS) is 11.7.